The molecule has 1 aliphatic heterocycles. The number of nitrogens with one attached hydrogen (secondary N) is 1. The van der Waals surface area contributed by atoms with E-state index in [1.807, 2.05) is 0 Å². The first-order chi connectivity index (χ1) is 9.55. The minimum absolute atomic E-state index is 0.0965. The van der Waals surface area contributed by atoms with Gasteiger partial charge in [-0.25, -0.2) is 0 Å². The Morgan fingerprint density at radius 2 is 2.15 bits per heavy atom. The van der Waals surface area contributed by atoms with Gasteiger partial charge < -0.3 is 15.2 Å². The number of ether oxygens (including phenoxy) is 1. The van der Waals surface area contributed by atoms with E-state index in [2.05, 4.69) is 26.2 Å². The Morgan fingerprint density at radius 3 is 2.75 bits per heavy atom. The lowest BCUT2D eigenvalue weighted by Gasteiger charge is -2.33. The summed E-state index contributed by atoms with van der Waals surface area (Å²) >= 11 is 3.25. The summed E-state index contributed by atoms with van der Waals surface area (Å²) in [5.41, 5.74) is -0.499. The van der Waals surface area contributed by atoms with Crippen LogP contribution in [-0.4, -0.2) is 41.7 Å². The molecule has 1 aromatic rings. The fourth-order valence-corrected chi connectivity index (χ4v) is 2.56. The van der Waals surface area contributed by atoms with E-state index in [4.69, 9.17) is 4.74 Å². The van der Waals surface area contributed by atoms with Crippen molar-refractivity contribution >= 4 is 27.8 Å². The molecule has 1 amide bonds. The van der Waals surface area contributed by atoms with Gasteiger partial charge in [-0.05, 0) is 34.8 Å². The van der Waals surface area contributed by atoms with Crippen molar-refractivity contribution < 1.29 is 19.4 Å². The van der Waals surface area contributed by atoms with Crippen LogP contribution in [0.25, 0.3) is 0 Å². The Bertz CT molecular complexity index is 515. The first-order valence-corrected chi connectivity index (χ1v) is 7.03. The zero-order chi connectivity index (χ0) is 14.6. The molecule has 7 heteroatoms. The zero-order valence-electron chi connectivity index (χ0n) is 10.8. The quantitative estimate of drug-likeness (QED) is 0.864. The fraction of sp³-hybridized carbons (Fsp3) is 0.462. The molecule has 0 saturated carbocycles. The number of carbonyl (C=O) groups is 2. The Morgan fingerprint density at radius 1 is 1.45 bits per heavy atom. The second-order valence-electron chi connectivity index (χ2n) is 4.74. The molecule has 1 aromatic heterocycles. The molecule has 2 rings (SSSR count). The smallest absolute Gasteiger partial charge is 0.311 e. The number of hydrogen-bond acceptors (Lipinski definition) is 4. The van der Waals surface area contributed by atoms with Crippen LogP contribution < -0.4 is 5.32 Å². The molecule has 20 heavy (non-hydrogen) atoms. The summed E-state index contributed by atoms with van der Waals surface area (Å²) in [7, 11) is 0. The average molecular weight is 343 g/mol. The molecule has 1 saturated heterocycles. The highest BCUT2D eigenvalue weighted by atomic mass is 79.9. The first kappa shape index (κ1) is 14.9. The third-order valence-corrected chi connectivity index (χ3v) is 4.14. The minimum atomic E-state index is -0.937. The number of rotatable bonds is 4. The molecule has 0 atom stereocenters. The van der Waals surface area contributed by atoms with E-state index in [-0.39, 0.29) is 12.5 Å². The van der Waals surface area contributed by atoms with Crippen LogP contribution in [0.2, 0.25) is 0 Å². The van der Waals surface area contributed by atoms with Gasteiger partial charge in [-0.1, -0.05) is 0 Å². The first-order valence-electron chi connectivity index (χ1n) is 6.24. The summed E-state index contributed by atoms with van der Waals surface area (Å²) in [6.45, 7) is 0.904. The number of aromatic nitrogens is 1. The summed E-state index contributed by atoms with van der Waals surface area (Å²) in [4.78, 5) is 27.4. The molecule has 0 radical (unpaired) electrons. The predicted octanol–water partition coefficient (Wildman–Crippen LogP) is 1.46. The largest absolute Gasteiger partial charge is 0.481 e. The molecule has 0 aliphatic carbocycles. The van der Waals surface area contributed by atoms with Crippen LogP contribution in [0, 0.1) is 5.41 Å². The molecule has 0 spiro atoms. The minimum Gasteiger partial charge on any atom is -0.481 e. The highest BCUT2D eigenvalue weighted by Crippen LogP contribution is 2.30. The number of carboxylic acids is 1. The second-order valence-corrected chi connectivity index (χ2v) is 5.59. The number of hydrogen-bond donors (Lipinski definition) is 2. The van der Waals surface area contributed by atoms with Crippen molar-refractivity contribution in [3.05, 3.63) is 28.5 Å². The van der Waals surface area contributed by atoms with Gasteiger partial charge in [-0.15, -0.1) is 0 Å². The number of halogens is 1. The van der Waals surface area contributed by atoms with Crippen LogP contribution in [-0.2, 0) is 9.53 Å². The molecule has 0 aromatic carbocycles. The average Bonchev–Trinajstić information content (AvgIpc) is 2.46. The molecular formula is C13H15BrN2O4. The Labute approximate surface area is 124 Å². The molecule has 1 fully saturated rings. The summed E-state index contributed by atoms with van der Waals surface area (Å²) in [6.07, 6.45) is 3.84. The molecule has 108 valence electrons. The maximum Gasteiger partial charge on any atom is 0.311 e. The van der Waals surface area contributed by atoms with Crippen molar-refractivity contribution in [2.45, 2.75) is 12.8 Å². The predicted molar refractivity (Wildman–Crippen MR) is 74.4 cm³/mol. The van der Waals surface area contributed by atoms with Gasteiger partial charge in [-0.2, -0.15) is 0 Å². The van der Waals surface area contributed by atoms with E-state index in [1.54, 1.807) is 6.07 Å². The van der Waals surface area contributed by atoms with Gasteiger partial charge in [0.25, 0.3) is 5.91 Å². The van der Waals surface area contributed by atoms with Gasteiger partial charge in [0.1, 0.15) is 0 Å². The number of nitrogens with zero attached hydrogens (tertiary/aromatic N) is 1. The van der Waals surface area contributed by atoms with Crippen LogP contribution in [0.1, 0.15) is 23.2 Å². The SMILES string of the molecule is O=C(NCC1(C(=O)O)CCOCC1)c1ccncc1Br. The molecule has 2 N–H and O–H groups in total. The maximum atomic E-state index is 12.1. The van der Waals surface area contributed by atoms with Crippen molar-refractivity contribution in [3.8, 4) is 0 Å². The van der Waals surface area contributed by atoms with Crippen molar-refractivity contribution in [1.29, 1.82) is 0 Å². The third-order valence-electron chi connectivity index (χ3n) is 3.51. The lowest BCUT2D eigenvalue weighted by Crippen LogP contribution is -2.46. The number of carbonyl (C=O) groups excluding carboxylic acids is 1. The summed E-state index contributed by atoms with van der Waals surface area (Å²) < 4.78 is 5.77. The van der Waals surface area contributed by atoms with E-state index in [9.17, 15) is 14.7 Å². The van der Waals surface area contributed by atoms with Gasteiger partial charge in [-0.3, -0.25) is 14.6 Å². The maximum absolute atomic E-state index is 12.1. The van der Waals surface area contributed by atoms with Crippen LogP contribution in [0.5, 0.6) is 0 Å². The van der Waals surface area contributed by atoms with Crippen LogP contribution in [0.3, 0.4) is 0 Å². The highest BCUT2D eigenvalue weighted by Gasteiger charge is 2.40. The van der Waals surface area contributed by atoms with E-state index >= 15 is 0 Å². The van der Waals surface area contributed by atoms with Crippen LogP contribution >= 0.6 is 15.9 Å². The van der Waals surface area contributed by atoms with Crippen molar-refractivity contribution in [1.82, 2.24) is 10.3 Å². The highest BCUT2D eigenvalue weighted by molar-refractivity contribution is 9.10. The van der Waals surface area contributed by atoms with Gasteiger partial charge in [0.2, 0.25) is 0 Å². The Kier molecular flexibility index (Phi) is 4.72. The number of pyridine rings is 1. The third kappa shape index (κ3) is 3.16. The lowest BCUT2D eigenvalue weighted by atomic mass is 9.80. The standard InChI is InChI=1S/C13H15BrN2O4/c14-10-7-15-4-1-9(10)11(17)16-8-13(12(18)19)2-5-20-6-3-13/h1,4,7H,2-3,5-6,8H2,(H,16,17)(H,18,19). The van der Waals surface area contributed by atoms with Gasteiger partial charge in [0.15, 0.2) is 0 Å². The van der Waals surface area contributed by atoms with E-state index < -0.39 is 11.4 Å². The van der Waals surface area contributed by atoms with Gasteiger partial charge in [0.05, 0.1) is 11.0 Å². The van der Waals surface area contributed by atoms with Crippen molar-refractivity contribution in [2.75, 3.05) is 19.8 Å². The summed E-state index contributed by atoms with van der Waals surface area (Å²) in [6, 6.07) is 1.58. The molecule has 0 bridgehead atoms. The van der Waals surface area contributed by atoms with Crippen LogP contribution in [0.15, 0.2) is 22.9 Å². The van der Waals surface area contributed by atoms with Crippen molar-refractivity contribution in [2.24, 2.45) is 5.41 Å². The number of carboxylic acid groups (broad SMARTS) is 1. The monoisotopic (exact) mass is 342 g/mol. The molecule has 2 heterocycles. The Hall–Kier alpha value is -1.47. The normalized spacial score (nSPS) is 17.4. The topological polar surface area (TPSA) is 88.5 Å². The van der Waals surface area contributed by atoms with E-state index in [0.717, 1.165) is 0 Å². The summed E-state index contributed by atoms with van der Waals surface area (Å²) in [5.74, 6) is -1.21. The summed E-state index contributed by atoms with van der Waals surface area (Å²) in [5, 5.41) is 12.1. The molecular weight excluding hydrogens is 328 g/mol. The zero-order valence-corrected chi connectivity index (χ0v) is 12.4. The fourth-order valence-electron chi connectivity index (χ4n) is 2.13. The molecule has 6 nitrogen and oxygen atoms in total. The Balaban J connectivity index is 2.05. The van der Waals surface area contributed by atoms with E-state index in [1.165, 1.54) is 12.4 Å². The lowest BCUT2D eigenvalue weighted by molar-refractivity contribution is -0.154. The number of amides is 1. The molecule has 0 unspecified atom stereocenters. The second kappa shape index (κ2) is 6.32. The van der Waals surface area contributed by atoms with Gasteiger partial charge >= 0.3 is 5.97 Å². The van der Waals surface area contributed by atoms with E-state index in [0.29, 0.717) is 36.1 Å². The number of aliphatic carboxylic acids is 1. The molecule has 1 aliphatic rings. The van der Waals surface area contributed by atoms with Crippen molar-refractivity contribution in [3.63, 3.8) is 0 Å². The van der Waals surface area contributed by atoms with Gasteiger partial charge in [0, 0.05) is 36.6 Å². The van der Waals surface area contributed by atoms with Crippen LogP contribution in [0.4, 0.5) is 0 Å².